The van der Waals surface area contributed by atoms with Gasteiger partial charge in [-0.05, 0) is 157 Å². The minimum absolute atomic E-state index is 0.00127. The Morgan fingerprint density at radius 1 is 0.518 bits per heavy atom. The number of Topliss-reactive ketones (excluding diaryl/α,β-unsaturated/α-hetero) is 2. The fourth-order valence-corrected chi connectivity index (χ4v) is 23.4. The van der Waals surface area contributed by atoms with E-state index in [9.17, 15) is 24.6 Å². The molecule has 24 bridgehead atoms. The summed E-state index contributed by atoms with van der Waals surface area (Å²) in [4.78, 5) is 41.0. The number of halogens is 2. The molecule has 20 aliphatic rings. The molecule has 0 aromatic rings. The van der Waals surface area contributed by atoms with Gasteiger partial charge in [0, 0.05) is 103 Å². The van der Waals surface area contributed by atoms with Crippen molar-refractivity contribution in [2.45, 2.75) is 415 Å². The van der Waals surface area contributed by atoms with E-state index in [1.54, 1.807) is 27.9 Å². The zero-order chi connectivity index (χ0) is 80.1. The van der Waals surface area contributed by atoms with Gasteiger partial charge in [0.25, 0.3) is 0 Å². The van der Waals surface area contributed by atoms with Gasteiger partial charge >= 0.3 is 6.09 Å². The summed E-state index contributed by atoms with van der Waals surface area (Å²) in [6.07, 6.45) is 8.78. The minimum Gasteiger partial charge on any atom is -0.444 e. The molecule has 640 valence electrons. The number of alkyl carbamates (subject to hydrolysis) is 1. The summed E-state index contributed by atoms with van der Waals surface area (Å²) < 4.78 is 120. The number of aliphatic hydroxyl groups excluding tert-OH is 2. The Morgan fingerprint density at radius 2 is 0.974 bits per heavy atom. The van der Waals surface area contributed by atoms with Gasteiger partial charge in [-0.15, -0.1) is 23.2 Å². The number of amides is 1. The Bertz CT molecular complexity index is 3460. The highest BCUT2D eigenvalue weighted by Crippen LogP contribution is 2.58. The molecule has 0 aliphatic carbocycles. The normalized spacial score (nSPS) is 49.4. The van der Waals surface area contributed by atoms with Crippen LogP contribution in [0.25, 0.3) is 0 Å². The Labute approximate surface area is 683 Å². The molecular weight excluding hydrogens is 1510 g/mol. The molecule has 2 spiro atoms. The van der Waals surface area contributed by atoms with Crippen molar-refractivity contribution in [3.8, 4) is 0 Å². The van der Waals surface area contributed by atoms with Crippen molar-refractivity contribution in [1.29, 1.82) is 0 Å². The Hall–Kier alpha value is -2.65. The number of ether oxygens (including phenoxy) is 18. The largest absolute Gasteiger partial charge is 0.444 e. The molecule has 20 aliphatic heterocycles. The van der Waals surface area contributed by atoms with Crippen LogP contribution in [0.2, 0.25) is 0 Å². The molecule has 8 unspecified atom stereocenters. The predicted molar refractivity (Wildman–Crippen MR) is 417 cm³/mol. The topological polar surface area (TPSA) is 296 Å². The lowest BCUT2D eigenvalue weighted by molar-refractivity contribution is -0.292. The van der Waals surface area contributed by atoms with Gasteiger partial charge in [0.15, 0.2) is 11.6 Å². The highest BCUT2D eigenvalue weighted by molar-refractivity contribution is 6.40. The molecule has 20 saturated heterocycles. The quantitative estimate of drug-likeness (QED) is 0.130. The molecule has 20 fully saturated rings. The number of nitrogens with two attached hydrogens (primary N) is 1. The second-order valence-electron chi connectivity index (χ2n) is 38.2. The highest BCUT2D eigenvalue weighted by Gasteiger charge is 2.71. The predicted octanol–water partition coefficient (Wildman–Crippen LogP) is 10.7. The van der Waals surface area contributed by atoms with Crippen LogP contribution >= 0.6 is 23.2 Å². The van der Waals surface area contributed by atoms with Crippen LogP contribution in [-0.2, 0) is 94.9 Å². The van der Waals surface area contributed by atoms with E-state index in [4.69, 9.17) is 114 Å². The van der Waals surface area contributed by atoms with Crippen molar-refractivity contribution >= 4 is 40.9 Å². The van der Waals surface area contributed by atoms with Gasteiger partial charge in [0.2, 0.25) is 0 Å². The van der Waals surface area contributed by atoms with Gasteiger partial charge in [0.1, 0.15) is 78.2 Å². The van der Waals surface area contributed by atoms with E-state index in [2.05, 4.69) is 52.4 Å². The van der Waals surface area contributed by atoms with Gasteiger partial charge in [-0.1, -0.05) is 54.0 Å². The Balaban J connectivity index is 0.000000168. The van der Waals surface area contributed by atoms with Crippen molar-refractivity contribution in [1.82, 2.24) is 5.32 Å². The highest BCUT2D eigenvalue weighted by atomic mass is 35.5. The maximum atomic E-state index is 14.6. The number of aliphatic hydroxyl groups is 2. The average Bonchev–Trinajstić information content (AvgIpc) is 1.55. The molecule has 0 radical (unpaired) electrons. The van der Waals surface area contributed by atoms with Crippen molar-refractivity contribution in [3.63, 3.8) is 0 Å². The summed E-state index contributed by atoms with van der Waals surface area (Å²) in [7, 11) is 1.63. The summed E-state index contributed by atoms with van der Waals surface area (Å²) in [6, 6.07) is 0. The molecule has 0 saturated carbocycles. The van der Waals surface area contributed by atoms with E-state index < -0.39 is 65.8 Å². The lowest BCUT2D eigenvalue weighted by Crippen LogP contribution is -2.61. The minimum atomic E-state index is -0.944. The zero-order valence-corrected chi connectivity index (χ0v) is 69.8. The van der Waals surface area contributed by atoms with Crippen molar-refractivity contribution in [2.75, 3.05) is 25.5 Å². The average molecular weight is 1640 g/mol. The van der Waals surface area contributed by atoms with Gasteiger partial charge in [-0.25, -0.2) is 4.79 Å². The standard InChI is InChI=1S/C46H69NO13.C40H59NO10.CH2Cl2/c1-22-15-27-9-11-31-23(2)16-29(52-31)13-14-46-20-36-40(58-46)41-42(57-36)43(59-46)39-32(56-41)12-10-28(54-39)18-30(49)25(4)37-34(19-33(53-27)24(22)3)55-35(38(37)51-8)17-26(48)21-47-44(50)60-45(5,6)7;1-19-11-25-5-7-29-20(2)12-27(44-29)9-10-40-17-34-36(50-40)37-38(49-34)39(51-40)35-30(48-37)8-6-26(46-35)13-23(42)14-28-22(4)31(15-24(43)18-41)47-33(28)16-32(45-25)21(19)3;2-1-3/h22,25-29,31-43,48H,2-3,9-21H2,1,4-8H3,(H,47,50);19,22,24-39,43H,2-3,5-18,41H2,1,4H3;1H2/t22-,25?,26+,27+,28-,29+,31?,32+,33?,34+,35?,36-,37+,38+,39+,40+,41+,42-,43+,46+;19-,22-,24+,25+,26-,27+,28-,29?,30+,31?,32?,33+,34?,35+,36+,37+,38-,39+,40+;/m11./s1. The number of methoxy groups -OCH3 is 1. The number of nitrogens with one attached hydrogen (secondary N) is 1. The van der Waals surface area contributed by atoms with E-state index in [0.29, 0.717) is 70.1 Å². The van der Waals surface area contributed by atoms with Crippen LogP contribution in [0.15, 0.2) is 48.6 Å². The third-order valence-corrected chi connectivity index (χ3v) is 29.3. The summed E-state index contributed by atoms with van der Waals surface area (Å²) in [5, 5.41) is 24.6. The van der Waals surface area contributed by atoms with Crippen LogP contribution in [0.3, 0.4) is 0 Å². The van der Waals surface area contributed by atoms with Crippen molar-refractivity contribution in [3.05, 3.63) is 48.6 Å². The van der Waals surface area contributed by atoms with Crippen LogP contribution in [-0.4, -0.2) is 260 Å². The van der Waals surface area contributed by atoms with Crippen LogP contribution in [0, 0.1) is 35.5 Å². The molecule has 114 heavy (non-hydrogen) atoms. The molecule has 5 N–H and O–H groups in total. The maximum absolute atomic E-state index is 14.6. The van der Waals surface area contributed by atoms with Gasteiger partial charge in [-0.3, -0.25) is 9.59 Å². The number of ketones is 2. The van der Waals surface area contributed by atoms with E-state index in [0.717, 1.165) is 106 Å². The number of hydrogen-bond donors (Lipinski definition) is 4. The molecule has 1 amide bonds. The SMILES string of the molecule is C=C1C[C@@H]2CC[C@@]34CC5O[C@H]6[C@@H](O3)[C@H]3O[C@H](CC[C@@H]3O[C@H]6[C@H]5O4)CC(=O)C[C@H]3[C@H](CC4O[C@@H](CCC1O2)C[C@@H](C)C4=C)OC(C[C@H](O)CN)[C@@H]3C.C=C1C[C@@H]2CC[C@@]34C[C@H]5O[C@H]6[C@@H](O3)[C@H]3O[C@H](CC[C@@H]3O[C@H]6[C@H]5O4)CC(=O)C(C)[C@H]3[C@H](CC4O[C@@H](CCC1O2)C[C@@H](C)C4=C)OC(C[C@H](O)CNC(=O)OC(C)(C)C)[C@@H]3OC.ClCCl. The summed E-state index contributed by atoms with van der Waals surface area (Å²) in [6.45, 7) is 32.0. The number of fused-ring (bicyclic) bond motifs is 12. The monoisotopic (exact) mass is 1640 g/mol. The fourth-order valence-electron chi connectivity index (χ4n) is 23.4. The summed E-state index contributed by atoms with van der Waals surface area (Å²) in [5.41, 5.74) is 9.53. The number of carbonyl (C=O) groups excluding carboxylic acids is 3. The lowest BCUT2D eigenvalue weighted by Gasteiger charge is -2.47. The number of hydrogen-bond acceptors (Lipinski definition) is 24. The van der Waals surface area contributed by atoms with Crippen molar-refractivity contribution in [2.24, 2.45) is 41.2 Å². The van der Waals surface area contributed by atoms with Gasteiger partial charge in [0.05, 0.1) is 134 Å². The first kappa shape index (κ1) is 84.9. The molecule has 0 aromatic carbocycles. The maximum Gasteiger partial charge on any atom is 0.407 e. The zero-order valence-electron chi connectivity index (χ0n) is 68.3. The first-order chi connectivity index (χ1) is 54.5. The van der Waals surface area contributed by atoms with E-state index in [1.807, 2.05) is 6.92 Å². The third-order valence-electron chi connectivity index (χ3n) is 29.3. The third kappa shape index (κ3) is 17.7. The summed E-state index contributed by atoms with van der Waals surface area (Å²) >= 11 is 9.53. The molecule has 27 heteroatoms. The van der Waals surface area contributed by atoms with Crippen LogP contribution in [0.5, 0.6) is 0 Å². The van der Waals surface area contributed by atoms with Gasteiger partial charge in [-0.2, -0.15) is 0 Å². The smallest absolute Gasteiger partial charge is 0.407 e. The van der Waals surface area contributed by atoms with E-state index >= 15 is 0 Å². The first-order valence-corrected chi connectivity index (χ1v) is 44.6. The van der Waals surface area contributed by atoms with Crippen LogP contribution < -0.4 is 11.1 Å². The second kappa shape index (κ2) is 34.9. The Kier molecular flexibility index (Phi) is 26.0. The number of rotatable bonds is 8. The second-order valence-corrected chi connectivity index (χ2v) is 39.0. The van der Waals surface area contributed by atoms with Gasteiger partial charge < -0.3 is 107 Å². The van der Waals surface area contributed by atoms with E-state index in [-0.39, 0.29) is 219 Å². The first-order valence-electron chi connectivity index (χ1n) is 43.6. The molecule has 0 aromatic heterocycles. The van der Waals surface area contributed by atoms with E-state index in [1.165, 1.54) is 0 Å². The van der Waals surface area contributed by atoms with Crippen molar-refractivity contribution < 1.29 is 110 Å². The van der Waals surface area contributed by atoms with Crippen LogP contribution in [0.1, 0.15) is 209 Å². The number of alkyl halides is 2. The molecular formula is C87H130Cl2N2O23. The lowest BCUT2D eigenvalue weighted by atomic mass is 9.76. The molecule has 39 atom stereocenters. The molecule has 20 heterocycles. The van der Waals surface area contributed by atoms with Crippen LogP contribution in [0.4, 0.5) is 4.79 Å². The fraction of sp³-hybridized carbons (Fsp3) is 0.874. The summed E-state index contributed by atoms with van der Waals surface area (Å²) in [5.74, 6) is -1.55. The molecule has 20 rings (SSSR count). The number of carbonyl (C=O) groups is 3. The molecule has 25 nitrogen and oxygen atoms in total. The Morgan fingerprint density at radius 3 is 1.49 bits per heavy atom.